The summed E-state index contributed by atoms with van der Waals surface area (Å²) in [5.74, 6) is 1.75. The van der Waals surface area contributed by atoms with E-state index in [2.05, 4.69) is 27.5 Å². The number of anilines is 2. The molecule has 0 radical (unpaired) electrons. The molecular weight excluding hydrogens is 260 g/mol. The molecule has 1 aromatic rings. The van der Waals surface area contributed by atoms with Crippen LogP contribution in [0.25, 0.3) is 0 Å². The first-order valence-electron chi connectivity index (χ1n) is 6.78. The van der Waals surface area contributed by atoms with Gasteiger partial charge in [0, 0.05) is 32.4 Å². The lowest BCUT2D eigenvalue weighted by Gasteiger charge is -2.10. The van der Waals surface area contributed by atoms with Gasteiger partial charge < -0.3 is 15.4 Å². The molecule has 0 aliphatic carbocycles. The van der Waals surface area contributed by atoms with Crippen molar-refractivity contribution in [2.24, 2.45) is 0 Å². The predicted octanol–water partition coefficient (Wildman–Crippen LogP) is 2.86. The molecule has 0 amide bonds. The molecule has 0 spiro atoms. The largest absolute Gasteiger partial charge is 0.382 e. The smallest absolute Gasteiger partial charge is 0.191 e. The Balaban J connectivity index is 2.50. The molecule has 0 aliphatic rings. The summed E-state index contributed by atoms with van der Waals surface area (Å²) in [5.41, 5.74) is 0. The van der Waals surface area contributed by atoms with Crippen LogP contribution in [0.4, 0.5) is 11.6 Å². The zero-order valence-corrected chi connectivity index (χ0v) is 12.8. The van der Waals surface area contributed by atoms with Crippen molar-refractivity contribution >= 4 is 23.4 Å². The van der Waals surface area contributed by atoms with Gasteiger partial charge in [-0.1, -0.05) is 18.7 Å². The average molecular weight is 284 g/mol. The number of rotatable bonds is 10. The second kappa shape index (κ2) is 9.86. The molecule has 1 rings (SSSR count). The minimum Gasteiger partial charge on any atom is -0.382 e. The Morgan fingerprint density at radius 1 is 1.16 bits per heavy atom. The summed E-state index contributed by atoms with van der Waals surface area (Å²) in [7, 11) is 0. The predicted molar refractivity (Wildman–Crippen MR) is 82.2 cm³/mol. The Labute approximate surface area is 119 Å². The lowest BCUT2D eigenvalue weighted by molar-refractivity contribution is 0.147. The Hall–Kier alpha value is -1.01. The fraction of sp³-hybridized carbons (Fsp3) is 0.692. The van der Waals surface area contributed by atoms with Gasteiger partial charge in [-0.15, -0.1) is 0 Å². The third kappa shape index (κ3) is 6.63. The monoisotopic (exact) mass is 284 g/mol. The molecule has 0 saturated carbocycles. The lowest BCUT2D eigenvalue weighted by atomic mass is 10.4. The van der Waals surface area contributed by atoms with Gasteiger partial charge in [0.15, 0.2) is 5.16 Å². The van der Waals surface area contributed by atoms with E-state index in [1.807, 2.05) is 19.2 Å². The fourth-order valence-electron chi connectivity index (χ4n) is 1.49. The first kappa shape index (κ1) is 16.0. The maximum absolute atomic E-state index is 5.30. The number of nitrogens with one attached hydrogen (secondary N) is 2. The summed E-state index contributed by atoms with van der Waals surface area (Å²) < 4.78 is 5.30. The van der Waals surface area contributed by atoms with Crippen LogP contribution in [0.3, 0.4) is 0 Å². The highest BCUT2D eigenvalue weighted by Crippen LogP contribution is 2.17. The Kier molecular flexibility index (Phi) is 8.33. The molecule has 108 valence electrons. The molecule has 0 unspecified atom stereocenters. The van der Waals surface area contributed by atoms with Gasteiger partial charge in [-0.25, -0.2) is 9.97 Å². The molecule has 6 heteroatoms. The van der Waals surface area contributed by atoms with Gasteiger partial charge in [0.2, 0.25) is 0 Å². The van der Waals surface area contributed by atoms with Crippen molar-refractivity contribution in [3.63, 3.8) is 0 Å². The molecule has 0 fully saturated rings. The zero-order chi connectivity index (χ0) is 13.9. The van der Waals surface area contributed by atoms with Gasteiger partial charge in [0.1, 0.15) is 11.6 Å². The van der Waals surface area contributed by atoms with Crippen molar-refractivity contribution in [3.05, 3.63) is 6.07 Å². The standard InChI is InChI=1S/C13H24N4OS/c1-4-7-14-11-10-12(17-13(16-11)19-3)15-8-6-9-18-5-2/h10H,4-9H2,1-3H3,(H2,14,15,16,17). The van der Waals surface area contributed by atoms with Crippen molar-refractivity contribution in [2.45, 2.75) is 31.8 Å². The summed E-state index contributed by atoms with van der Waals surface area (Å²) in [5, 5.41) is 7.39. The summed E-state index contributed by atoms with van der Waals surface area (Å²) in [4.78, 5) is 8.86. The molecule has 0 aliphatic heterocycles. The van der Waals surface area contributed by atoms with Crippen LogP contribution < -0.4 is 10.6 Å². The average Bonchev–Trinajstić information content (AvgIpc) is 2.44. The number of ether oxygens (including phenoxy) is 1. The van der Waals surface area contributed by atoms with Crippen LogP contribution in [0.2, 0.25) is 0 Å². The van der Waals surface area contributed by atoms with Crippen LogP contribution in [-0.4, -0.2) is 42.5 Å². The minimum absolute atomic E-state index is 0.773. The normalized spacial score (nSPS) is 10.5. The molecule has 1 heterocycles. The number of hydrogen-bond donors (Lipinski definition) is 2. The third-order valence-electron chi connectivity index (χ3n) is 2.42. The first-order valence-corrected chi connectivity index (χ1v) is 8.01. The van der Waals surface area contributed by atoms with Gasteiger partial charge >= 0.3 is 0 Å². The summed E-state index contributed by atoms with van der Waals surface area (Å²) in [6.07, 6.45) is 4.04. The summed E-state index contributed by atoms with van der Waals surface area (Å²) in [6, 6.07) is 1.95. The number of hydrogen-bond acceptors (Lipinski definition) is 6. The van der Waals surface area contributed by atoms with Crippen LogP contribution in [0, 0.1) is 0 Å². The van der Waals surface area contributed by atoms with E-state index in [4.69, 9.17) is 4.74 Å². The van der Waals surface area contributed by atoms with Crippen LogP contribution in [0.5, 0.6) is 0 Å². The van der Waals surface area contributed by atoms with E-state index >= 15 is 0 Å². The van der Waals surface area contributed by atoms with Crippen LogP contribution in [0.15, 0.2) is 11.2 Å². The maximum Gasteiger partial charge on any atom is 0.191 e. The molecule has 1 aromatic heterocycles. The molecule has 19 heavy (non-hydrogen) atoms. The lowest BCUT2D eigenvalue weighted by Crippen LogP contribution is -2.09. The van der Waals surface area contributed by atoms with Crippen LogP contribution in [0.1, 0.15) is 26.7 Å². The molecular formula is C13H24N4OS. The highest BCUT2D eigenvalue weighted by molar-refractivity contribution is 7.98. The number of thioether (sulfide) groups is 1. The van der Waals surface area contributed by atoms with E-state index in [-0.39, 0.29) is 0 Å². The van der Waals surface area contributed by atoms with Gasteiger partial charge in [-0.05, 0) is 26.0 Å². The van der Waals surface area contributed by atoms with Gasteiger partial charge in [-0.3, -0.25) is 0 Å². The number of aromatic nitrogens is 2. The third-order valence-corrected chi connectivity index (χ3v) is 2.97. The van der Waals surface area contributed by atoms with E-state index in [1.54, 1.807) is 11.8 Å². The summed E-state index contributed by atoms with van der Waals surface area (Å²) >= 11 is 1.55. The molecule has 0 atom stereocenters. The van der Waals surface area contributed by atoms with Crippen molar-refractivity contribution in [3.8, 4) is 0 Å². The van der Waals surface area contributed by atoms with Crippen LogP contribution >= 0.6 is 11.8 Å². The van der Waals surface area contributed by atoms with Gasteiger partial charge in [0.05, 0.1) is 0 Å². The SMILES string of the molecule is CCCNc1cc(NCCCOCC)nc(SC)n1. The summed E-state index contributed by atoms with van der Waals surface area (Å²) in [6.45, 7) is 7.48. The Morgan fingerprint density at radius 3 is 2.42 bits per heavy atom. The van der Waals surface area contributed by atoms with Gasteiger partial charge in [0.25, 0.3) is 0 Å². The van der Waals surface area contributed by atoms with Crippen molar-refractivity contribution in [1.82, 2.24) is 9.97 Å². The highest BCUT2D eigenvalue weighted by Gasteiger charge is 2.03. The number of nitrogens with zero attached hydrogens (tertiary/aromatic N) is 2. The van der Waals surface area contributed by atoms with Crippen LogP contribution in [-0.2, 0) is 4.74 Å². The molecule has 0 saturated heterocycles. The topological polar surface area (TPSA) is 59.1 Å². The van der Waals surface area contributed by atoms with E-state index in [9.17, 15) is 0 Å². The second-order valence-corrected chi connectivity index (χ2v) is 4.80. The maximum atomic E-state index is 5.30. The van der Waals surface area contributed by atoms with E-state index in [0.717, 1.165) is 55.9 Å². The Bertz CT molecular complexity index is 362. The van der Waals surface area contributed by atoms with Crippen molar-refractivity contribution in [1.29, 1.82) is 0 Å². The molecule has 2 N–H and O–H groups in total. The van der Waals surface area contributed by atoms with Crippen molar-refractivity contribution < 1.29 is 4.74 Å². The van der Waals surface area contributed by atoms with Crippen molar-refractivity contribution in [2.75, 3.05) is 43.2 Å². The quantitative estimate of drug-likeness (QED) is 0.391. The van der Waals surface area contributed by atoms with E-state index in [0.29, 0.717) is 0 Å². The Morgan fingerprint density at radius 2 is 1.84 bits per heavy atom. The van der Waals surface area contributed by atoms with E-state index in [1.165, 1.54) is 0 Å². The molecule has 0 aromatic carbocycles. The van der Waals surface area contributed by atoms with E-state index < -0.39 is 0 Å². The minimum atomic E-state index is 0.773. The molecule has 0 bridgehead atoms. The first-order chi connectivity index (χ1) is 9.30. The molecule has 5 nitrogen and oxygen atoms in total. The second-order valence-electron chi connectivity index (χ2n) is 4.03. The van der Waals surface area contributed by atoms with Gasteiger partial charge in [-0.2, -0.15) is 0 Å². The fourth-order valence-corrected chi connectivity index (χ4v) is 1.86. The zero-order valence-electron chi connectivity index (χ0n) is 12.0. The highest BCUT2D eigenvalue weighted by atomic mass is 32.2.